The van der Waals surface area contributed by atoms with Gasteiger partial charge in [-0.25, -0.2) is 12.8 Å². The molecule has 0 bridgehead atoms. The fraction of sp³-hybridized carbons (Fsp3) is 0.294. The van der Waals surface area contributed by atoms with Gasteiger partial charge < -0.3 is 5.73 Å². The van der Waals surface area contributed by atoms with E-state index in [0.717, 1.165) is 9.87 Å². The number of nitrogens with zero attached hydrogens (tertiary/aromatic N) is 1. The third-order valence-corrected chi connectivity index (χ3v) is 5.69. The van der Waals surface area contributed by atoms with E-state index in [0.29, 0.717) is 18.6 Å². The maximum atomic E-state index is 13.3. The lowest BCUT2D eigenvalue weighted by Crippen LogP contribution is -2.37. The molecular formula is C17H18F4N2O2S. The summed E-state index contributed by atoms with van der Waals surface area (Å²) in [6, 6.07) is 10.4. The molecule has 0 aliphatic heterocycles. The van der Waals surface area contributed by atoms with E-state index in [2.05, 4.69) is 0 Å². The highest BCUT2D eigenvalue weighted by Crippen LogP contribution is 2.35. The van der Waals surface area contributed by atoms with Crippen molar-refractivity contribution in [2.75, 3.05) is 19.6 Å². The van der Waals surface area contributed by atoms with E-state index in [9.17, 15) is 26.0 Å². The van der Waals surface area contributed by atoms with Crippen molar-refractivity contribution in [1.29, 1.82) is 0 Å². The average Bonchev–Trinajstić information content (AvgIpc) is 2.58. The van der Waals surface area contributed by atoms with Crippen LogP contribution in [0.2, 0.25) is 0 Å². The van der Waals surface area contributed by atoms with Gasteiger partial charge in [-0.15, -0.1) is 0 Å². The van der Waals surface area contributed by atoms with E-state index in [1.54, 1.807) is 30.3 Å². The van der Waals surface area contributed by atoms with Crippen LogP contribution in [0.4, 0.5) is 17.6 Å². The average molecular weight is 390 g/mol. The quantitative estimate of drug-likeness (QED) is 0.740. The summed E-state index contributed by atoms with van der Waals surface area (Å²) in [7, 11) is -4.50. The standard InChI is InChI=1S/C17H18F4N2O2S/c18-14-6-7-16(15(12-14)17(19,20)21)26(24,25)23(11-9-22)10-8-13-4-2-1-3-5-13/h1-7,12H,8-11,22H2. The van der Waals surface area contributed by atoms with Crippen LogP contribution in [-0.2, 0) is 22.6 Å². The molecule has 4 nitrogen and oxygen atoms in total. The Hall–Kier alpha value is -1.97. The summed E-state index contributed by atoms with van der Waals surface area (Å²) in [6.07, 6.45) is -4.69. The van der Waals surface area contributed by atoms with Crippen LogP contribution < -0.4 is 5.73 Å². The van der Waals surface area contributed by atoms with Gasteiger partial charge in [0.15, 0.2) is 0 Å². The molecule has 2 aromatic rings. The second kappa shape index (κ2) is 8.15. The lowest BCUT2D eigenvalue weighted by atomic mass is 10.1. The molecule has 0 spiro atoms. The maximum Gasteiger partial charge on any atom is 0.417 e. The van der Waals surface area contributed by atoms with Crippen molar-refractivity contribution in [2.24, 2.45) is 5.73 Å². The van der Waals surface area contributed by atoms with E-state index in [-0.39, 0.29) is 25.7 Å². The molecule has 0 saturated heterocycles. The molecule has 9 heteroatoms. The van der Waals surface area contributed by atoms with Gasteiger partial charge >= 0.3 is 6.18 Å². The van der Waals surface area contributed by atoms with E-state index in [1.165, 1.54) is 0 Å². The van der Waals surface area contributed by atoms with Crippen LogP contribution in [-0.4, -0.2) is 32.4 Å². The molecule has 0 amide bonds. The van der Waals surface area contributed by atoms with E-state index < -0.39 is 32.5 Å². The molecule has 0 heterocycles. The number of halogens is 4. The topological polar surface area (TPSA) is 63.4 Å². The Morgan fingerprint density at radius 3 is 2.23 bits per heavy atom. The second-order valence-electron chi connectivity index (χ2n) is 5.57. The minimum absolute atomic E-state index is 0.0434. The first-order valence-corrected chi connectivity index (χ1v) is 9.21. The van der Waals surface area contributed by atoms with Crippen LogP contribution in [0, 0.1) is 5.82 Å². The maximum absolute atomic E-state index is 13.3. The Balaban J connectivity index is 2.38. The Morgan fingerprint density at radius 1 is 1.00 bits per heavy atom. The zero-order valence-corrected chi connectivity index (χ0v) is 14.5. The van der Waals surface area contributed by atoms with Crippen LogP contribution in [0.3, 0.4) is 0 Å². The molecule has 0 aliphatic carbocycles. The van der Waals surface area contributed by atoms with Crippen LogP contribution >= 0.6 is 0 Å². The molecule has 26 heavy (non-hydrogen) atoms. The predicted octanol–water partition coefficient (Wildman–Crippen LogP) is 3.04. The number of alkyl halides is 3. The molecule has 0 aromatic heterocycles. The summed E-state index contributed by atoms with van der Waals surface area (Å²) >= 11 is 0. The highest BCUT2D eigenvalue weighted by molar-refractivity contribution is 7.89. The summed E-state index contributed by atoms with van der Waals surface area (Å²) < 4.78 is 79.2. The number of rotatable bonds is 7. The highest BCUT2D eigenvalue weighted by Gasteiger charge is 2.39. The smallest absolute Gasteiger partial charge is 0.329 e. The highest BCUT2D eigenvalue weighted by atomic mass is 32.2. The summed E-state index contributed by atoms with van der Waals surface area (Å²) in [4.78, 5) is -0.979. The number of benzene rings is 2. The number of nitrogens with two attached hydrogens (primary N) is 1. The van der Waals surface area contributed by atoms with Crippen LogP contribution in [0.5, 0.6) is 0 Å². The van der Waals surface area contributed by atoms with Crippen molar-refractivity contribution in [3.8, 4) is 0 Å². The van der Waals surface area contributed by atoms with Gasteiger partial charge in [-0.2, -0.15) is 17.5 Å². The third-order valence-electron chi connectivity index (χ3n) is 3.74. The van der Waals surface area contributed by atoms with Gasteiger partial charge in [0.2, 0.25) is 10.0 Å². The fourth-order valence-corrected chi connectivity index (χ4v) is 4.13. The van der Waals surface area contributed by atoms with Gasteiger partial charge in [0.05, 0.1) is 10.5 Å². The van der Waals surface area contributed by atoms with Crippen molar-refractivity contribution in [3.63, 3.8) is 0 Å². The van der Waals surface area contributed by atoms with Crippen LogP contribution in [0.1, 0.15) is 11.1 Å². The number of hydrogen-bond donors (Lipinski definition) is 1. The van der Waals surface area contributed by atoms with Crippen LogP contribution in [0.15, 0.2) is 53.4 Å². The zero-order valence-electron chi connectivity index (χ0n) is 13.7. The Morgan fingerprint density at radius 2 is 1.65 bits per heavy atom. The normalized spacial score (nSPS) is 12.5. The minimum Gasteiger partial charge on any atom is -0.329 e. The second-order valence-corrected chi connectivity index (χ2v) is 7.47. The minimum atomic E-state index is -5.00. The predicted molar refractivity (Wildman–Crippen MR) is 89.4 cm³/mol. The molecule has 2 rings (SSSR count). The summed E-state index contributed by atoms with van der Waals surface area (Å²) in [5.41, 5.74) is 4.74. The van der Waals surface area contributed by atoms with Gasteiger partial charge in [0, 0.05) is 19.6 Å². The van der Waals surface area contributed by atoms with Crippen molar-refractivity contribution >= 4 is 10.0 Å². The van der Waals surface area contributed by atoms with E-state index in [4.69, 9.17) is 5.73 Å². The van der Waals surface area contributed by atoms with Crippen LogP contribution in [0.25, 0.3) is 0 Å². The molecule has 2 aromatic carbocycles. The molecule has 142 valence electrons. The zero-order chi connectivity index (χ0) is 19.4. The lowest BCUT2D eigenvalue weighted by Gasteiger charge is -2.23. The lowest BCUT2D eigenvalue weighted by molar-refractivity contribution is -0.140. The van der Waals surface area contributed by atoms with Gasteiger partial charge in [0.25, 0.3) is 0 Å². The molecule has 2 N–H and O–H groups in total. The molecular weight excluding hydrogens is 372 g/mol. The molecule has 0 fully saturated rings. The third kappa shape index (κ3) is 4.80. The summed E-state index contributed by atoms with van der Waals surface area (Å²) in [6.45, 7) is -0.251. The first kappa shape index (κ1) is 20.3. The Kier molecular flexibility index (Phi) is 6.38. The first-order valence-electron chi connectivity index (χ1n) is 7.77. The number of sulfonamides is 1. The van der Waals surface area contributed by atoms with Gasteiger partial charge in [-0.3, -0.25) is 0 Å². The SMILES string of the molecule is NCCN(CCc1ccccc1)S(=O)(=O)c1ccc(F)cc1C(F)(F)F. The van der Waals surface area contributed by atoms with E-state index in [1.807, 2.05) is 0 Å². The fourth-order valence-electron chi connectivity index (χ4n) is 2.48. The Labute approximate surface area is 149 Å². The summed E-state index contributed by atoms with van der Waals surface area (Å²) in [5.74, 6) is -1.16. The summed E-state index contributed by atoms with van der Waals surface area (Å²) in [5, 5.41) is 0. The molecule has 0 saturated carbocycles. The molecule has 0 atom stereocenters. The van der Waals surface area contributed by atoms with Crippen molar-refractivity contribution < 1.29 is 26.0 Å². The van der Waals surface area contributed by atoms with Crippen molar-refractivity contribution in [2.45, 2.75) is 17.5 Å². The van der Waals surface area contributed by atoms with Crippen molar-refractivity contribution in [3.05, 3.63) is 65.5 Å². The van der Waals surface area contributed by atoms with Crippen molar-refractivity contribution in [1.82, 2.24) is 4.31 Å². The van der Waals surface area contributed by atoms with E-state index >= 15 is 0 Å². The Bertz CT molecular complexity index is 840. The number of hydrogen-bond acceptors (Lipinski definition) is 3. The molecule has 0 radical (unpaired) electrons. The first-order chi connectivity index (χ1) is 12.2. The van der Waals surface area contributed by atoms with Gasteiger partial charge in [-0.05, 0) is 30.2 Å². The largest absolute Gasteiger partial charge is 0.417 e. The van der Waals surface area contributed by atoms with Gasteiger partial charge in [0.1, 0.15) is 5.82 Å². The van der Waals surface area contributed by atoms with Gasteiger partial charge in [-0.1, -0.05) is 30.3 Å². The molecule has 0 aliphatic rings. The molecule has 0 unspecified atom stereocenters. The monoisotopic (exact) mass is 390 g/mol.